The molecule has 0 aromatic carbocycles. The molecule has 0 aliphatic carbocycles. The SMILES string of the molecule is C=CC1CC(=O)N(Cc2nccn2C)C1. The Bertz CT molecular complexity index is 383. The van der Waals surface area contributed by atoms with Crippen LogP contribution in [0.3, 0.4) is 0 Å². The van der Waals surface area contributed by atoms with Crippen LogP contribution in [0.4, 0.5) is 0 Å². The number of likely N-dealkylation sites (tertiary alicyclic amines) is 1. The summed E-state index contributed by atoms with van der Waals surface area (Å²) < 4.78 is 1.94. The van der Waals surface area contributed by atoms with Gasteiger partial charge in [0.05, 0.1) is 6.54 Å². The quantitative estimate of drug-likeness (QED) is 0.689. The molecule has 1 atom stereocenters. The Labute approximate surface area is 89.2 Å². The van der Waals surface area contributed by atoms with E-state index in [9.17, 15) is 4.79 Å². The average molecular weight is 205 g/mol. The highest BCUT2D eigenvalue weighted by Gasteiger charge is 2.28. The van der Waals surface area contributed by atoms with Crippen molar-refractivity contribution in [3.05, 3.63) is 30.9 Å². The Kier molecular flexibility index (Phi) is 2.58. The fourth-order valence-electron chi connectivity index (χ4n) is 1.83. The Hall–Kier alpha value is -1.58. The maximum Gasteiger partial charge on any atom is 0.223 e. The van der Waals surface area contributed by atoms with Gasteiger partial charge >= 0.3 is 0 Å². The molecule has 15 heavy (non-hydrogen) atoms. The fourth-order valence-corrected chi connectivity index (χ4v) is 1.83. The van der Waals surface area contributed by atoms with Crippen LogP contribution in [0.25, 0.3) is 0 Å². The first-order valence-electron chi connectivity index (χ1n) is 5.07. The van der Waals surface area contributed by atoms with Crippen molar-refractivity contribution in [2.24, 2.45) is 13.0 Å². The Morgan fingerprint density at radius 1 is 1.73 bits per heavy atom. The highest BCUT2D eigenvalue weighted by atomic mass is 16.2. The standard InChI is InChI=1S/C11H15N3O/c1-3-9-6-11(15)14(7-9)8-10-12-4-5-13(10)2/h3-5,9H,1,6-8H2,2H3. The molecule has 1 aliphatic rings. The summed E-state index contributed by atoms with van der Waals surface area (Å²) in [7, 11) is 1.94. The van der Waals surface area contributed by atoms with Gasteiger partial charge in [-0.05, 0) is 0 Å². The predicted octanol–water partition coefficient (Wildman–Crippen LogP) is 0.955. The summed E-state index contributed by atoms with van der Waals surface area (Å²) in [5, 5.41) is 0. The second-order valence-electron chi connectivity index (χ2n) is 3.93. The van der Waals surface area contributed by atoms with Crippen LogP contribution in [-0.2, 0) is 18.4 Å². The first kappa shape index (κ1) is 9.96. The summed E-state index contributed by atoms with van der Waals surface area (Å²) in [5.41, 5.74) is 0. The minimum Gasteiger partial charge on any atom is -0.337 e. The maximum absolute atomic E-state index is 11.6. The molecule has 0 radical (unpaired) electrons. The molecule has 0 bridgehead atoms. The normalized spacial score (nSPS) is 21.0. The van der Waals surface area contributed by atoms with Gasteiger partial charge in [0.25, 0.3) is 0 Å². The molecule has 1 fully saturated rings. The summed E-state index contributed by atoms with van der Waals surface area (Å²) >= 11 is 0. The van der Waals surface area contributed by atoms with Crippen molar-refractivity contribution in [2.75, 3.05) is 6.54 Å². The van der Waals surface area contributed by atoms with E-state index in [0.29, 0.717) is 18.9 Å². The van der Waals surface area contributed by atoms with E-state index in [4.69, 9.17) is 0 Å². The Morgan fingerprint density at radius 3 is 3.07 bits per heavy atom. The Balaban J connectivity index is 2.04. The van der Waals surface area contributed by atoms with Gasteiger partial charge in [0.2, 0.25) is 5.91 Å². The van der Waals surface area contributed by atoms with Crippen molar-refractivity contribution in [3.63, 3.8) is 0 Å². The van der Waals surface area contributed by atoms with E-state index in [1.807, 2.05) is 28.8 Å². The van der Waals surface area contributed by atoms with Crippen molar-refractivity contribution in [1.82, 2.24) is 14.5 Å². The zero-order chi connectivity index (χ0) is 10.8. The van der Waals surface area contributed by atoms with Crippen molar-refractivity contribution in [1.29, 1.82) is 0 Å². The van der Waals surface area contributed by atoms with Gasteiger partial charge in [-0.1, -0.05) is 6.08 Å². The topological polar surface area (TPSA) is 38.1 Å². The first-order chi connectivity index (χ1) is 7.20. The number of hydrogen-bond donors (Lipinski definition) is 0. The molecular weight excluding hydrogens is 190 g/mol. The van der Waals surface area contributed by atoms with Crippen LogP contribution in [0.5, 0.6) is 0 Å². The average Bonchev–Trinajstić information content (AvgIpc) is 2.76. The summed E-state index contributed by atoms with van der Waals surface area (Å²) in [6.07, 6.45) is 6.09. The summed E-state index contributed by atoms with van der Waals surface area (Å²) in [6.45, 7) is 5.10. The van der Waals surface area contributed by atoms with Gasteiger partial charge in [0, 0.05) is 38.3 Å². The van der Waals surface area contributed by atoms with Crippen molar-refractivity contribution >= 4 is 5.91 Å². The zero-order valence-corrected chi connectivity index (χ0v) is 8.89. The lowest BCUT2D eigenvalue weighted by Gasteiger charge is -2.15. The second kappa shape index (κ2) is 3.88. The summed E-state index contributed by atoms with van der Waals surface area (Å²) in [5.74, 6) is 1.42. The lowest BCUT2D eigenvalue weighted by Crippen LogP contribution is -2.26. The molecule has 1 unspecified atom stereocenters. The van der Waals surface area contributed by atoms with Gasteiger partial charge in [0.1, 0.15) is 5.82 Å². The van der Waals surface area contributed by atoms with Crippen molar-refractivity contribution in [2.45, 2.75) is 13.0 Å². The van der Waals surface area contributed by atoms with Crippen LogP contribution in [0.15, 0.2) is 25.0 Å². The summed E-state index contributed by atoms with van der Waals surface area (Å²) in [6, 6.07) is 0. The molecule has 2 heterocycles. The second-order valence-corrected chi connectivity index (χ2v) is 3.93. The number of rotatable bonds is 3. The van der Waals surface area contributed by atoms with E-state index >= 15 is 0 Å². The molecule has 2 rings (SSSR count). The molecule has 1 amide bonds. The van der Waals surface area contributed by atoms with Crippen LogP contribution < -0.4 is 0 Å². The first-order valence-corrected chi connectivity index (χ1v) is 5.07. The van der Waals surface area contributed by atoms with Crippen LogP contribution >= 0.6 is 0 Å². The monoisotopic (exact) mass is 205 g/mol. The van der Waals surface area contributed by atoms with E-state index in [-0.39, 0.29) is 5.91 Å². The minimum absolute atomic E-state index is 0.197. The van der Waals surface area contributed by atoms with Crippen LogP contribution in [0.2, 0.25) is 0 Å². The van der Waals surface area contributed by atoms with Gasteiger partial charge in [-0.25, -0.2) is 4.98 Å². The maximum atomic E-state index is 11.6. The molecular formula is C11H15N3O. The Morgan fingerprint density at radius 2 is 2.53 bits per heavy atom. The van der Waals surface area contributed by atoms with E-state index in [1.165, 1.54) is 0 Å². The van der Waals surface area contributed by atoms with Crippen LogP contribution in [0.1, 0.15) is 12.2 Å². The molecule has 0 saturated carbocycles. The molecule has 1 saturated heterocycles. The van der Waals surface area contributed by atoms with E-state index in [1.54, 1.807) is 6.20 Å². The van der Waals surface area contributed by atoms with Gasteiger partial charge in [-0.2, -0.15) is 0 Å². The molecule has 1 aromatic heterocycles. The molecule has 0 spiro atoms. The third-order valence-electron chi connectivity index (χ3n) is 2.83. The molecule has 80 valence electrons. The highest BCUT2D eigenvalue weighted by molar-refractivity contribution is 5.78. The number of aryl methyl sites for hydroxylation is 1. The molecule has 4 heteroatoms. The van der Waals surface area contributed by atoms with Crippen molar-refractivity contribution < 1.29 is 4.79 Å². The molecule has 1 aromatic rings. The number of imidazole rings is 1. The van der Waals surface area contributed by atoms with Gasteiger partial charge in [0.15, 0.2) is 0 Å². The minimum atomic E-state index is 0.197. The number of hydrogen-bond acceptors (Lipinski definition) is 2. The smallest absolute Gasteiger partial charge is 0.223 e. The lowest BCUT2D eigenvalue weighted by atomic mass is 10.1. The highest BCUT2D eigenvalue weighted by Crippen LogP contribution is 2.19. The molecule has 4 nitrogen and oxygen atoms in total. The lowest BCUT2D eigenvalue weighted by molar-refractivity contribution is -0.128. The van der Waals surface area contributed by atoms with Gasteiger partial charge in [-0.3, -0.25) is 4.79 Å². The van der Waals surface area contributed by atoms with E-state index in [2.05, 4.69) is 11.6 Å². The van der Waals surface area contributed by atoms with E-state index < -0.39 is 0 Å². The van der Waals surface area contributed by atoms with Crippen LogP contribution in [-0.4, -0.2) is 26.9 Å². The largest absolute Gasteiger partial charge is 0.337 e. The van der Waals surface area contributed by atoms with E-state index in [0.717, 1.165) is 12.4 Å². The number of carbonyl (C=O) groups excluding carboxylic acids is 1. The number of aromatic nitrogens is 2. The molecule has 1 aliphatic heterocycles. The van der Waals surface area contributed by atoms with Gasteiger partial charge < -0.3 is 9.47 Å². The van der Waals surface area contributed by atoms with Crippen LogP contribution in [0, 0.1) is 5.92 Å². The third kappa shape index (κ3) is 1.93. The van der Waals surface area contributed by atoms with Crippen molar-refractivity contribution in [3.8, 4) is 0 Å². The zero-order valence-electron chi connectivity index (χ0n) is 8.89. The number of carbonyl (C=O) groups is 1. The number of amides is 1. The third-order valence-corrected chi connectivity index (χ3v) is 2.83. The summed E-state index contributed by atoms with van der Waals surface area (Å²) in [4.78, 5) is 17.7. The number of nitrogens with zero attached hydrogens (tertiary/aromatic N) is 3. The molecule has 0 N–H and O–H groups in total. The fraction of sp³-hybridized carbons (Fsp3) is 0.455. The predicted molar refractivity (Wildman–Crippen MR) is 56.9 cm³/mol. The van der Waals surface area contributed by atoms with Gasteiger partial charge in [-0.15, -0.1) is 6.58 Å².